The van der Waals surface area contributed by atoms with Crippen molar-refractivity contribution in [1.29, 1.82) is 0 Å². The van der Waals surface area contributed by atoms with E-state index in [0.717, 1.165) is 0 Å². The van der Waals surface area contributed by atoms with E-state index in [2.05, 4.69) is 30.9 Å². The average molecular weight is 449 g/mol. The normalized spacial score (nSPS) is 18.8. The van der Waals surface area contributed by atoms with Gasteiger partial charge in [0.15, 0.2) is 17.5 Å². The molecule has 2 amide bonds. The number of ether oxygens (including phenoxy) is 1. The van der Waals surface area contributed by atoms with Crippen LogP contribution in [0.3, 0.4) is 0 Å². The number of aliphatic imine (C=N–C) groups is 2. The summed E-state index contributed by atoms with van der Waals surface area (Å²) < 4.78 is 6.10. The fraction of sp³-hybridized carbons (Fsp3) is 0.500. The standard InChI is InChI=1S/C18H21BrN6O3/c1-18(2,3)28-17(27)23(4)10-7-24(8-10)15-16-22-13(26)9-25(16)14-11(20-15)5-6-12(19)21-14/h5-6,10H,7-9H2,1-4H3. The molecule has 1 aromatic rings. The van der Waals surface area contributed by atoms with Crippen LogP contribution in [0.15, 0.2) is 26.7 Å². The molecule has 3 aliphatic heterocycles. The number of nitrogens with zero attached hydrogens (tertiary/aromatic N) is 6. The van der Waals surface area contributed by atoms with Gasteiger partial charge in [0.05, 0.1) is 6.04 Å². The van der Waals surface area contributed by atoms with Gasteiger partial charge in [-0.1, -0.05) is 0 Å². The number of halogens is 1. The van der Waals surface area contributed by atoms with Crippen LogP contribution in [-0.2, 0) is 9.53 Å². The number of pyridine rings is 1. The van der Waals surface area contributed by atoms with Crippen LogP contribution in [0.5, 0.6) is 0 Å². The van der Waals surface area contributed by atoms with Crippen molar-refractivity contribution in [3.05, 3.63) is 16.7 Å². The SMILES string of the molecule is CN(C(=O)OC(C)(C)C)C1CN(C2=Nc3ccc(Br)nc3N3CC(=O)N=C23)C1. The Kier molecular flexibility index (Phi) is 4.40. The molecule has 0 N–H and O–H groups in total. The zero-order valence-corrected chi connectivity index (χ0v) is 17.7. The fourth-order valence-electron chi connectivity index (χ4n) is 3.21. The summed E-state index contributed by atoms with van der Waals surface area (Å²) in [5.41, 5.74) is 0.155. The number of carbonyl (C=O) groups is 2. The molecule has 0 unspecified atom stereocenters. The van der Waals surface area contributed by atoms with Crippen LogP contribution in [0.2, 0.25) is 0 Å². The Labute approximate surface area is 171 Å². The first-order chi connectivity index (χ1) is 13.1. The Bertz CT molecular complexity index is 916. The quantitative estimate of drug-likeness (QED) is 0.611. The third-order valence-corrected chi connectivity index (χ3v) is 5.11. The number of hydrogen-bond donors (Lipinski definition) is 0. The van der Waals surface area contributed by atoms with Gasteiger partial charge in [0.25, 0.3) is 5.91 Å². The van der Waals surface area contributed by atoms with Crippen molar-refractivity contribution in [2.75, 3.05) is 31.6 Å². The van der Waals surface area contributed by atoms with E-state index >= 15 is 0 Å². The van der Waals surface area contributed by atoms with E-state index in [1.807, 2.05) is 37.8 Å². The lowest BCUT2D eigenvalue weighted by atomic mass is 10.1. The van der Waals surface area contributed by atoms with Crippen LogP contribution in [0.1, 0.15) is 20.8 Å². The highest BCUT2D eigenvalue weighted by molar-refractivity contribution is 9.10. The van der Waals surface area contributed by atoms with Gasteiger partial charge in [-0.2, -0.15) is 4.99 Å². The molecule has 0 radical (unpaired) electrons. The Morgan fingerprint density at radius 3 is 2.64 bits per heavy atom. The zero-order chi connectivity index (χ0) is 20.2. The Balaban J connectivity index is 1.52. The van der Waals surface area contributed by atoms with E-state index in [9.17, 15) is 9.59 Å². The molecule has 0 aromatic carbocycles. The lowest BCUT2D eigenvalue weighted by Gasteiger charge is -2.46. The van der Waals surface area contributed by atoms with E-state index < -0.39 is 5.60 Å². The molecule has 4 heterocycles. The topological polar surface area (TPSA) is 90.7 Å². The number of fused-ring (bicyclic) bond motifs is 3. The molecule has 1 saturated heterocycles. The Morgan fingerprint density at radius 1 is 1.25 bits per heavy atom. The second kappa shape index (κ2) is 6.54. The van der Waals surface area contributed by atoms with Crippen molar-refractivity contribution >= 4 is 51.1 Å². The minimum atomic E-state index is -0.535. The van der Waals surface area contributed by atoms with Gasteiger partial charge >= 0.3 is 6.09 Å². The second-order valence-electron chi connectivity index (χ2n) is 7.98. The first kappa shape index (κ1) is 18.9. The van der Waals surface area contributed by atoms with Crippen molar-refractivity contribution in [1.82, 2.24) is 14.8 Å². The zero-order valence-electron chi connectivity index (χ0n) is 16.1. The maximum atomic E-state index is 12.3. The molecule has 0 aliphatic carbocycles. The number of likely N-dealkylation sites (N-methyl/N-ethyl adjacent to an activating group) is 1. The number of carbonyl (C=O) groups excluding carboxylic acids is 2. The third kappa shape index (κ3) is 3.36. The molecule has 1 aromatic heterocycles. The second-order valence-corrected chi connectivity index (χ2v) is 8.79. The summed E-state index contributed by atoms with van der Waals surface area (Å²) >= 11 is 3.36. The number of hydrogen-bond acceptors (Lipinski definition) is 7. The summed E-state index contributed by atoms with van der Waals surface area (Å²) in [5.74, 6) is 1.55. The van der Waals surface area contributed by atoms with E-state index in [0.29, 0.717) is 40.9 Å². The number of aromatic nitrogens is 1. The highest BCUT2D eigenvalue weighted by atomic mass is 79.9. The summed E-state index contributed by atoms with van der Waals surface area (Å²) in [6.07, 6.45) is -0.350. The van der Waals surface area contributed by atoms with Gasteiger partial charge in [-0.05, 0) is 48.8 Å². The lowest BCUT2D eigenvalue weighted by molar-refractivity contribution is -0.115. The van der Waals surface area contributed by atoms with Crippen LogP contribution in [-0.4, -0.2) is 76.8 Å². The molecule has 1 fully saturated rings. The number of anilines is 1. The van der Waals surface area contributed by atoms with Crippen molar-refractivity contribution < 1.29 is 14.3 Å². The Hall–Kier alpha value is -2.49. The lowest BCUT2D eigenvalue weighted by Crippen LogP contribution is -2.64. The van der Waals surface area contributed by atoms with E-state index in [-0.39, 0.29) is 24.6 Å². The van der Waals surface area contributed by atoms with Crippen molar-refractivity contribution in [2.45, 2.75) is 32.4 Å². The molecular weight excluding hydrogens is 428 g/mol. The summed E-state index contributed by atoms with van der Waals surface area (Å²) in [5, 5.41) is 0. The summed E-state index contributed by atoms with van der Waals surface area (Å²) in [7, 11) is 1.73. The highest BCUT2D eigenvalue weighted by Crippen LogP contribution is 2.35. The predicted octanol–water partition coefficient (Wildman–Crippen LogP) is 2.18. The van der Waals surface area contributed by atoms with Crippen LogP contribution in [0, 0.1) is 0 Å². The molecule has 9 nitrogen and oxygen atoms in total. The summed E-state index contributed by atoms with van der Waals surface area (Å²) in [6.45, 7) is 6.87. The maximum Gasteiger partial charge on any atom is 0.410 e. The number of amidine groups is 2. The smallest absolute Gasteiger partial charge is 0.410 e. The predicted molar refractivity (Wildman–Crippen MR) is 108 cm³/mol. The molecule has 148 valence electrons. The fourth-order valence-corrected chi connectivity index (χ4v) is 3.51. The molecule has 0 spiro atoms. The largest absolute Gasteiger partial charge is 0.444 e. The van der Waals surface area contributed by atoms with Gasteiger partial charge in [-0.15, -0.1) is 0 Å². The molecule has 28 heavy (non-hydrogen) atoms. The first-order valence-corrected chi connectivity index (χ1v) is 9.77. The van der Waals surface area contributed by atoms with Gasteiger partial charge in [-0.3, -0.25) is 9.69 Å². The van der Waals surface area contributed by atoms with Crippen molar-refractivity contribution in [2.24, 2.45) is 9.98 Å². The first-order valence-electron chi connectivity index (χ1n) is 8.98. The molecule has 3 aliphatic rings. The summed E-state index contributed by atoms with van der Waals surface area (Å²) in [6, 6.07) is 3.68. The average Bonchev–Trinajstić information content (AvgIpc) is 2.94. The van der Waals surface area contributed by atoms with Crippen molar-refractivity contribution in [3.8, 4) is 0 Å². The van der Waals surface area contributed by atoms with Gasteiger partial charge in [0.2, 0.25) is 0 Å². The number of rotatable bonds is 1. The van der Waals surface area contributed by atoms with Gasteiger partial charge < -0.3 is 14.5 Å². The van der Waals surface area contributed by atoms with Gasteiger partial charge in [0, 0.05) is 20.1 Å². The van der Waals surface area contributed by atoms with Crippen molar-refractivity contribution in [3.63, 3.8) is 0 Å². The number of likely N-dealkylation sites (tertiary alicyclic amines) is 1. The van der Waals surface area contributed by atoms with Gasteiger partial charge in [-0.25, -0.2) is 14.8 Å². The van der Waals surface area contributed by atoms with E-state index in [1.54, 1.807) is 16.8 Å². The molecule has 10 heteroatoms. The molecule has 0 atom stereocenters. The highest BCUT2D eigenvalue weighted by Gasteiger charge is 2.42. The van der Waals surface area contributed by atoms with E-state index in [4.69, 9.17) is 4.74 Å². The minimum Gasteiger partial charge on any atom is -0.444 e. The number of amides is 2. The van der Waals surface area contributed by atoms with Crippen LogP contribution < -0.4 is 4.90 Å². The van der Waals surface area contributed by atoms with Crippen LogP contribution >= 0.6 is 15.9 Å². The molecule has 4 rings (SSSR count). The molecule has 0 bridgehead atoms. The third-order valence-electron chi connectivity index (χ3n) is 4.67. The summed E-state index contributed by atoms with van der Waals surface area (Å²) in [4.78, 5) is 42.9. The van der Waals surface area contributed by atoms with Gasteiger partial charge in [0.1, 0.15) is 22.4 Å². The molecular formula is C18H21BrN6O3. The minimum absolute atomic E-state index is 0.00754. The van der Waals surface area contributed by atoms with E-state index in [1.165, 1.54) is 0 Å². The van der Waals surface area contributed by atoms with Crippen LogP contribution in [0.4, 0.5) is 16.3 Å². The molecule has 0 saturated carbocycles. The monoisotopic (exact) mass is 448 g/mol. The van der Waals surface area contributed by atoms with Crippen LogP contribution in [0.25, 0.3) is 0 Å². The Morgan fingerprint density at radius 2 is 1.96 bits per heavy atom. The maximum absolute atomic E-state index is 12.3.